The molecule has 17 nitrogen and oxygen atoms in total. The molecule has 3 N–H and O–H groups in total. The van der Waals surface area contributed by atoms with E-state index in [4.69, 9.17) is 37.0 Å². The number of hydrogen-bond donors (Lipinski definition) is 3. The van der Waals surface area contributed by atoms with Crippen LogP contribution in [0.4, 0.5) is 0 Å². The molecule has 0 saturated carbocycles. The molecule has 0 aromatic heterocycles. The summed E-state index contributed by atoms with van der Waals surface area (Å²) < 4.78 is 68.4. The van der Waals surface area contributed by atoms with E-state index in [0.29, 0.717) is 25.7 Å². The Kier molecular flexibility index (Phi) is 69.6. The third kappa shape index (κ3) is 72.2. The number of carbonyl (C=O) groups is 4. The van der Waals surface area contributed by atoms with Crippen molar-refractivity contribution in [2.45, 2.75) is 432 Å². The fraction of sp³-hybridized carbons (Fsp3) is 0.949. The Morgan fingerprint density at radius 2 is 0.474 bits per heavy atom. The van der Waals surface area contributed by atoms with Gasteiger partial charge in [-0.05, 0) is 31.6 Å². The Labute approximate surface area is 594 Å². The first-order chi connectivity index (χ1) is 47.0. The van der Waals surface area contributed by atoms with Crippen molar-refractivity contribution in [3.63, 3.8) is 0 Å². The van der Waals surface area contributed by atoms with Crippen LogP contribution >= 0.6 is 15.6 Å². The van der Waals surface area contributed by atoms with E-state index < -0.39 is 97.5 Å². The molecule has 0 aromatic carbocycles. The van der Waals surface area contributed by atoms with Gasteiger partial charge in [0.05, 0.1) is 26.4 Å². The zero-order valence-electron chi connectivity index (χ0n) is 63.2. The number of phosphoric acid groups is 2. The van der Waals surface area contributed by atoms with Crippen LogP contribution in [0.5, 0.6) is 0 Å². The van der Waals surface area contributed by atoms with Crippen molar-refractivity contribution in [2.24, 2.45) is 5.92 Å². The number of aliphatic hydroxyl groups is 1. The summed E-state index contributed by atoms with van der Waals surface area (Å²) >= 11 is 0. The van der Waals surface area contributed by atoms with Crippen molar-refractivity contribution in [3.8, 4) is 0 Å². The van der Waals surface area contributed by atoms with Crippen LogP contribution in [0.25, 0.3) is 0 Å². The fourth-order valence-corrected chi connectivity index (χ4v) is 13.6. The lowest BCUT2D eigenvalue weighted by molar-refractivity contribution is -0.161. The van der Waals surface area contributed by atoms with E-state index >= 15 is 0 Å². The molecule has 0 rings (SSSR count). The monoisotopic (exact) mass is 1420 g/mol. The largest absolute Gasteiger partial charge is 0.472 e. The van der Waals surface area contributed by atoms with E-state index in [1.165, 1.54) is 225 Å². The molecule has 576 valence electrons. The summed E-state index contributed by atoms with van der Waals surface area (Å²) in [6, 6.07) is 0. The molecule has 0 aliphatic heterocycles. The van der Waals surface area contributed by atoms with Crippen LogP contribution in [0.2, 0.25) is 0 Å². The van der Waals surface area contributed by atoms with Crippen molar-refractivity contribution < 1.29 is 80.2 Å². The van der Waals surface area contributed by atoms with E-state index in [2.05, 4.69) is 34.6 Å². The minimum absolute atomic E-state index is 0.106. The van der Waals surface area contributed by atoms with Gasteiger partial charge in [0.15, 0.2) is 12.2 Å². The lowest BCUT2D eigenvalue weighted by Crippen LogP contribution is -2.30. The normalized spacial score (nSPS) is 13.9. The van der Waals surface area contributed by atoms with Crippen molar-refractivity contribution in [2.75, 3.05) is 39.6 Å². The maximum absolute atomic E-state index is 13.1. The molecule has 0 aliphatic rings. The maximum Gasteiger partial charge on any atom is 0.472 e. The molecule has 0 fully saturated rings. The Balaban J connectivity index is 5.12. The van der Waals surface area contributed by atoms with E-state index in [0.717, 1.165) is 109 Å². The first-order valence-corrected chi connectivity index (χ1v) is 43.6. The molecule has 0 radical (unpaired) electrons. The molecule has 0 aromatic rings. The van der Waals surface area contributed by atoms with Crippen LogP contribution in [0, 0.1) is 5.92 Å². The lowest BCUT2D eigenvalue weighted by atomic mass is 10.0. The third-order valence-electron chi connectivity index (χ3n) is 18.3. The number of phosphoric ester groups is 2. The Morgan fingerprint density at radius 1 is 0.278 bits per heavy atom. The highest BCUT2D eigenvalue weighted by Gasteiger charge is 2.30. The summed E-state index contributed by atoms with van der Waals surface area (Å²) in [6.45, 7) is 7.27. The second-order valence-electron chi connectivity index (χ2n) is 28.6. The molecular formula is C78H152O17P2. The number of carbonyl (C=O) groups excluding carboxylic acids is 4. The van der Waals surface area contributed by atoms with E-state index in [9.17, 15) is 43.2 Å². The number of rotatable bonds is 78. The van der Waals surface area contributed by atoms with Crippen molar-refractivity contribution >= 4 is 39.5 Å². The van der Waals surface area contributed by atoms with Crippen molar-refractivity contribution in [1.29, 1.82) is 0 Å². The Bertz CT molecular complexity index is 1860. The predicted molar refractivity (Wildman–Crippen MR) is 395 cm³/mol. The number of hydrogen-bond acceptors (Lipinski definition) is 15. The summed E-state index contributed by atoms with van der Waals surface area (Å²) in [5.74, 6) is -1.31. The molecule has 0 bridgehead atoms. The van der Waals surface area contributed by atoms with Crippen LogP contribution in [-0.4, -0.2) is 96.7 Å². The van der Waals surface area contributed by atoms with E-state index in [1.54, 1.807) is 0 Å². The van der Waals surface area contributed by atoms with Crippen LogP contribution in [0.1, 0.15) is 413 Å². The molecule has 19 heteroatoms. The molecule has 5 atom stereocenters. The molecule has 0 aliphatic carbocycles. The van der Waals surface area contributed by atoms with Gasteiger partial charge in [-0.1, -0.05) is 362 Å². The molecular weight excluding hydrogens is 1270 g/mol. The standard InChI is InChI=1S/C78H152O17P2/c1-6-9-12-15-18-20-21-22-23-24-25-26-27-28-29-34-37-40-44-49-54-59-64-78(83)95-74(68-89-76(81)62-57-52-47-43-39-36-33-31-30-32-35-38-42-46-50-55-60-71(4)5)70-93-97(86,87)91-66-72(79)65-90-96(84,85)92-69-73(67-88-75(80)61-56-51-45-17-14-11-8-3)94-77(82)63-58-53-48-41-19-16-13-10-7-2/h71-74,79H,6-70H2,1-5H3,(H,84,85)(H,86,87)/t72-,73+,74+/m0/s1. The summed E-state index contributed by atoms with van der Waals surface area (Å²) in [4.78, 5) is 72.6. The highest BCUT2D eigenvalue weighted by molar-refractivity contribution is 7.47. The molecule has 0 saturated heterocycles. The Morgan fingerprint density at radius 3 is 0.701 bits per heavy atom. The average Bonchev–Trinajstić information content (AvgIpc) is 1.82. The van der Waals surface area contributed by atoms with Gasteiger partial charge in [-0.15, -0.1) is 0 Å². The topological polar surface area (TPSA) is 237 Å². The van der Waals surface area contributed by atoms with Gasteiger partial charge in [-0.2, -0.15) is 0 Å². The zero-order valence-corrected chi connectivity index (χ0v) is 65.0. The number of ether oxygens (including phenoxy) is 4. The first kappa shape index (κ1) is 95.1. The van der Waals surface area contributed by atoms with Gasteiger partial charge in [0.1, 0.15) is 19.3 Å². The average molecular weight is 1420 g/mol. The first-order valence-electron chi connectivity index (χ1n) is 40.6. The molecule has 0 spiro atoms. The molecule has 0 heterocycles. The lowest BCUT2D eigenvalue weighted by Gasteiger charge is -2.21. The quantitative estimate of drug-likeness (QED) is 0.0222. The van der Waals surface area contributed by atoms with Gasteiger partial charge in [-0.3, -0.25) is 37.3 Å². The van der Waals surface area contributed by atoms with Gasteiger partial charge in [0.2, 0.25) is 0 Å². The minimum atomic E-state index is -4.96. The number of esters is 4. The third-order valence-corrected chi connectivity index (χ3v) is 20.2. The number of unbranched alkanes of at least 4 members (excludes halogenated alkanes) is 50. The van der Waals surface area contributed by atoms with Gasteiger partial charge in [-0.25, -0.2) is 9.13 Å². The minimum Gasteiger partial charge on any atom is -0.462 e. The SMILES string of the molecule is CCCCCCCCCCCCCCCCCCCCCCCCC(=O)O[C@H](COC(=O)CCCCCCCCCCCCCCCCCCC(C)C)COP(=O)(O)OC[C@@H](O)COP(=O)(O)OC[C@@H](COC(=O)CCCCCCCCC)OC(=O)CCCCCCCCCCC. The predicted octanol–water partition coefficient (Wildman–Crippen LogP) is 23.3. The second kappa shape index (κ2) is 71.1. The summed E-state index contributed by atoms with van der Waals surface area (Å²) in [5, 5.41) is 10.6. The van der Waals surface area contributed by atoms with E-state index in [-0.39, 0.29) is 25.7 Å². The Hall–Kier alpha value is -1.94. The maximum atomic E-state index is 13.1. The fourth-order valence-electron chi connectivity index (χ4n) is 12.1. The van der Waals surface area contributed by atoms with Crippen LogP contribution < -0.4 is 0 Å². The number of aliphatic hydroxyl groups excluding tert-OH is 1. The molecule has 97 heavy (non-hydrogen) atoms. The van der Waals surface area contributed by atoms with Gasteiger partial charge in [0, 0.05) is 25.7 Å². The van der Waals surface area contributed by atoms with Gasteiger partial charge in [0.25, 0.3) is 0 Å². The van der Waals surface area contributed by atoms with Gasteiger partial charge < -0.3 is 33.8 Å². The van der Waals surface area contributed by atoms with Crippen molar-refractivity contribution in [1.82, 2.24) is 0 Å². The smallest absolute Gasteiger partial charge is 0.462 e. The summed E-state index contributed by atoms with van der Waals surface area (Å²) in [7, 11) is -9.90. The highest BCUT2D eigenvalue weighted by Crippen LogP contribution is 2.45. The van der Waals surface area contributed by atoms with Crippen LogP contribution in [-0.2, 0) is 65.4 Å². The van der Waals surface area contributed by atoms with Crippen LogP contribution in [0.15, 0.2) is 0 Å². The second-order valence-corrected chi connectivity index (χ2v) is 31.5. The zero-order chi connectivity index (χ0) is 71.2. The summed E-state index contributed by atoms with van der Waals surface area (Å²) in [6.07, 6.45) is 61.5. The molecule has 2 unspecified atom stereocenters. The van der Waals surface area contributed by atoms with E-state index in [1.807, 2.05) is 0 Å². The highest BCUT2D eigenvalue weighted by atomic mass is 31.2. The van der Waals surface area contributed by atoms with Gasteiger partial charge >= 0.3 is 39.5 Å². The summed E-state index contributed by atoms with van der Waals surface area (Å²) in [5.41, 5.74) is 0. The van der Waals surface area contributed by atoms with Crippen LogP contribution in [0.3, 0.4) is 0 Å². The van der Waals surface area contributed by atoms with Crippen molar-refractivity contribution in [3.05, 3.63) is 0 Å². The molecule has 0 amide bonds.